The van der Waals surface area contributed by atoms with Crippen molar-refractivity contribution in [2.24, 2.45) is 5.92 Å². The highest BCUT2D eigenvalue weighted by Gasteiger charge is 2.17. The van der Waals surface area contributed by atoms with Gasteiger partial charge < -0.3 is 10.1 Å². The zero-order valence-electron chi connectivity index (χ0n) is 19.0. The highest BCUT2D eigenvalue weighted by Crippen LogP contribution is 2.30. The number of benzene rings is 3. The van der Waals surface area contributed by atoms with E-state index >= 15 is 0 Å². The number of para-hydroxylation sites is 1. The Bertz CT molecular complexity index is 1090. The van der Waals surface area contributed by atoms with E-state index in [1.54, 1.807) is 0 Å². The van der Waals surface area contributed by atoms with Crippen molar-refractivity contribution in [3.05, 3.63) is 113 Å². The lowest BCUT2D eigenvalue weighted by atomic mass is 9.93. The van der Waals surface area contributed by atoms with Crippen LogP contribution < -0.4 is 20.7 Å². The second-order valence-corrected chi connectivity index (χ2v) is 9.63. The smallest absolute Gasteiger partial charge is 0.130 e. The maximum atomic E-state index is 6.56. The lowest BCUT2D eigenvalue weighted by Gasteiger charge is -2.21. The predicted octanol–water partition coefficient (Wildman–Crippen LogP) is 5.60. The van der Waals surface area contributed by atoms with Crippen molar-refractivity contribution < 1.29 is 4.74 Å². The summed E-state index contributed by atoms with van der Waals surface area (Å²) >= 11 is 0. The van der Waals surface area contributed by atoms with Gasteiger partial charge in [0, 0.05) is 11.8 Å². The Morgan fingerprint density at radius 1 is 0.938 bits per heavy atom. The molecule has 2 nitrogen and oxygen atoms in total. The zero-order chi connectivity index (χ0) is 22.2. The molecule has 0 amide bonds. The van der Waals surface area contributed by atoms with E-state index in [9.17, 15) is 0 Å². The van der Waals surface area contributed by atoms with Gasteiger partial charge in [0.25, 0.3) is 0 Å². The van der Waals surface area contributed by atoms with Gasteiger partial charge in [-0.05, 0) is 60.3 Å². The maximum Gasteiger partial charge on any atom is 0.130 e. The van der Waals surface area contributed by atoms with E-state index in [1.165, 1.54) is 32.9 Å². The lowest BCUT2D eigenvalue weighted by Crippen LogP contribution is -2.19. The van der Waals surface area contributed by atoms with Crippen LogP contribution in [0.15, 0.2) is 91.0 Å². The van der Waals surface area contributed by atoms with Crippen LogP contribution in [0.4, 0.5) is 0 Å². The van der Waals surface area contributed by atoms with Crippen LogP contribution >= 0.6 is 8.58 Å². The monoisotopic (exact) mass is 441 g/mol. The number of nitrogens with one attached hydrogen (secondary N) is 1. The third-order valence-electron chi connectivity index (χ3n) is 5.86. The van der Waals surface area contributed by atoms with Crippen molar-refractivity contribution in [3.63, 3.8) is 0 Å². The van der Waals surface area contributed by atoms with Gasteiger partial charge >= 0.3 is 0 Å². The number of allylic oxidation sites excluding steroid dienone is 4. The Morgan fingerprint density at radius 2 is 1.75 bits per heavy atom. The van der Waals surface area contributed by atoms with Gasteiger partial charge in [-0.2, -0.15) is 0 Å². The van der Waals surface area contributed by atoms with Crippen LogP contribution in [0, 0.1) is 12.8 Å². The van der Waals surface area contributed by atoms with Gasteiger partial charge in [0.15, 0.2) is 0 Å². The summed E-state index contributed by atoms with van der Waals surface area (Å²) < 4.78 is 6.56. The molecule has 4 rings (SSSR count). The van der Waals surface area contributed by atoms with E-state index in [0.29, 0.717) is 21.1 Å². The van der Waals surface area contributed by atoms with Gasteiger partial charge in [0.2, 0.25) is 0 Å². The second-order valence-electron chi connectivity index (χ2n) is 8.35. The van der Waals surface area contributed by atoms with Crippen molar-refractivity contribution >= 4 is 19.2 Å². The molecule has 1 N–H and O–H groups in total. The Balaban J connectivity index is 1.67. The van der Waals surface area contributed by atoms with Crippen molar-refractivity contribution in [2.45, 2.75) is 32.9 Å². The number of rotatable bonds is 9. The van der Waals surface area contributed by atoms with Crippen molar-refractivity contribution in [2.75, 3.05) is 7.05 Å². The Kier molecular flexibility index (Phi) is 7.93. The van der Waals surface area contributed by atoms with Gasteiger partial charge in [0.1, 0.15) is 12.4 Å². The molecule has 0 spiro atoms. The minimum Gasteiger partial charge on any atom is -0.488 e. The van der Waals surface area contributed by atoms with Gasteiger partial charge in [-0.3, -0.25) is 0 Å². The molecule has 164 valence electrons. The molecule has 0 fully saturated rings. The molecule has 3 aromatic rings. The normalized spacial score (nSPS) is 15.5. The molecule has 0 saturated heterocycles. The molecule has 3 aromatic carbocycles. The molecule has 2 atom stereocenters. The van der Waals surface area contributed by atoms with Crippen LogP contribution in [0.5, 0.6) is 5.75 Å². The summed E-state index contributed by atoms with van der Waals surface area (Å²) in [5, 5.41) is 6.04. The lowest BCUT2D eigenvalue weighted by molar-refractivity contribution is 0.304. The fraction of sp³-hybridized carbons (Fsp3) is 0.241. The van der Waals surface area contributed by atoms with E-state index in [0.717, 1.165) is 25.1 Å². The molecule has 0 aromatic heterocycles. The van der Waals surface area contributed by atoms with Crippen molar-refractivity contribution in [1.82, 2.24) is 5.32 Å². The Morgan fingerprint density at radius 3 is 2.53 bits per heavy atom. The number of hydrogen-bond acceptors (Lipinski definition) is 2. The highest BCUT2D eigenvalue weighted by atomic mass is 31.1. The van der Waals surface area contributed by atoms with E-state index in [-0.39, 0.29) is 0 Å². The largest absolute Gasteiger partial charge is 0.488 e. The van der Waals surface area contributed by atoms with Crippen LogP contribution in [0.3, 0.4) is 0 Å². The first-order chi connectivity index (χ1) is 15.7. The SMILES string of the molecule is CNCc1cccc(C)c1Pc1cccc(CC2C=CC=CC2)c1OCc1ccccc1. The van der Waals surface area contributed by atoms with E-state index in [1.807, 2.05) is 7.05 Å². The summed E-state index contributed by atoms with van der Waals surface area (Å²) in [6.07, 6.45) is 11.0. The summed E-state index contributed by atoms with van der Waals surface area (Å²) in [6, 6.07) is 23.8. The average Bonchev–Trinajstić information content (AvgIpc) is 2.82. The molecule has 1 aliphatic rings. The van der Waals surface area contributed by atoms with Gasteiger partial charge in [-0.1, -0.05) is 99.6 Å². The van der Waals surface area contributed by atoms with Crippen LogP contribution in [-0.4, -0.2) is 7.05 Å². The predicted molar refractivity (Wildman–Crippen MR) is 139 cm³/mol. The Hall–Kier alpha value is -2.67. The van der Waals surface area contributed by atoms with Gasteiger partial charge in [-0.15, -0.1) is 0 Å². The summed E-state index contributed by atoms with van der Waals surface area (Å²) in [5.74, 6) is 1.59. The first kappa shape index (κ1) is 22.5. The minimum atomic E-state index is 0.524. The zero-order valence-corrected chi connectivity index (χ0v) is 20.0. The third kappa shape index (κ3) is 5.76. The number of aryl methyl sites for hydroxylation is 1. The second kappa shape index (κ2) is 11.3. The van der Waals surface area contributed by atoms with Gasteiger partial charge in [-0.25, -0.2) is 0 Å². The standard InChI is InChI=1S/C29H32NOP/c1-22-11-9-17-26(20-30-2)29(22)32-27-18-10-16-25(19-23-12-5-3-6-13-23)28(27)31-21-24-14-7-4-8-15-24/h3-12,14-18,23,30,32H,13,19-21H2,1-2H3. The Labute approximate surface area is 194 Å². The molecule has 32 heavy (non-hydrogen) atoms. The number of ether oxygens (including phenoxy) is 1. The third-order valence-corrected chi connectivity index (χ3v) is 7.49. The van der Waals surface area contributed by atoms with Crippen LogP contribution in [-0.2, 0) is 19.6 Å². The molecule has 1 aliphatic carbocycles. The van der Waals surface area contributed by atoms with Crippen LogP contribution in [0.1, 0.15) is 28.7 Å². The van der Waals surface area contributed by atoms with Crippen LogP contribution in [0.25, 0.3) is 0 Å². The first-order valence-corrected chi connectivity index (χ1v) is 12.4. The van der Waals surface area contributed by atoms with E-state index < -0.39 is 0 Å². The molecule has 0 bridgehead atoms. The molecule has 0 aliphatic heterocycles. The summed E-state index contributed by atoms with van der Waals surface area (Å²) in [5.41, 5.74) is 5.21. The van der Waals surface area contributed by atoms with Crippen molar-refractivity contribution in [3.8, 4) is 5.75 Å². The summed E-state index contributed by atoms with van der Waals surface area (Å²) in [6.45, 7) is 3.69. The fourth-order valence-corrected chi connectivity index (χ4v) is 5.60. The summed E-state index contributed by atoms with van der Waals surface area (Å²) in [7, 11) is 2.57. The fourth-order valence-electron chi connectivity index (χ4n) is 4.19. The van der Waals surface area contributed by atoms with Crippen LogP contribution in [0.2, 0.25) is 0 Å². The molecule has 0 radical (unpaired) electrons. The van der Waals surface area contributed by atoms with E-state index in [4.69, 9.17) is 4.74 Å². The quantitative estimate of drug-likeness (QED) is 0.437. The molecule has 3 heteroatoms. The minimum absolute atomic E-state index is 0.524. The van der Waals surface area contributed by atoms with Crippen molar-refractivity contribution in [1.29, 1.82) is 0 Å². The highest BCUT2D eigenvalue weighted by molar-refractivity contribution is 7.56. The molecular formula is C29H32NOP. The topological polar surface area (TPSA) is 21.3 Å². The van der Waals surface area contributed by atoms with E-state index in [2.05, 4.69) is 103 Å². The number of hydrogen-bond donors (Lipinski definition) is 1. The molecule has 0 saturated carbocycles. The molecule has 0 heterocycles. The molecule has 2 unspecified atom stereocenters. The summed E-state index contributed by atoms with van der Waals surface area (Å²) in [4.78, 5) is 0. The maximum absolute atomic E-state index is 6.56. The van der Waals surface area contributed by atoms with Gasteiger partial charge in [0.05, 0.1) is 0 Å². The average molecular weight is 442 g/mol. The first-order valence-electron chi connectivity index (χ1n) is 11.4. The molecular weight excluding hydrogens is 409 g/mol.